The molecule has 244 valence electrons. The number of carbonyl (C=O) groups excluding carboxylic acids is 5. The van der Waals surface area contributed by atoms with Gasteiger partial charge in [-0.3, -0.25) is 14.4 Å². The molecule has 0 unspecified atom stereocenters. The molecule has 0 aliphatic carbocycles. The number of benzene rings is 1. The summed E-state index contributed by atoms with van der Waals surface area (Å²) in [4.78, 5) is 73.8. The number of aryl methyl sites for hydroxylation is 1. The molecule has 1 aromatic carbocycles. The third kappa shape index (κ3) is 8.96. The van der Waals surface area contributed by atoms with Gasteiger partial charge < -0.3 is 39.1 Å². The van der Waals surface area contributed by atoms with Gasteiger partial charge in [-0.1, -0.05) is 19.4 Å². The van der Waals surface area contributed by atoms with Gasteiger partial charge in [-0.05, 0) is 38.0 Å². The van der Waals surface area contributed by atoms with Gasteiger partial charge in [-0.2, -0.15) is 0 Å². The highest BCUT2D eigenvalue weighted by Crippen LogP contribution is 2.27. The molecule has 0 atom stereocenters. The molecule has 2 fully saturated rings. The van der Waals surface area contributed by atoms with Crippen molar-refractivity contribution in [3.8, 4) is 5.75 Å². The van der Waals surface area contributed by atoms with Gasteiger partial charge in [0.25, 0.3) is 11.8 Å². The minimum absolute atomic E-state index is 0.0473. The minimum Gasteiger partial charge on any atom is -0.483 e. The fourth-order valence-electron chi connectivity index (χ4n) is 5.02. The summed E-state index contributed by atoms with van der Waals surface area (Å²) in [5, 5.41) is 3.28. The molecule has 4 rings (SSSR count). The third-order valence-electron chi connectivity index (χ3n) is 7.68. The minimum atomic E-state index is -0.559. The zero-order valence-corrected chi connectivity index (χ0v) is 26.2. The van der Waals surface area contributed by atoms with Gasteiger partial charge in [0.15, 0.2) is 6.61 Å². The van der Waals surface area contributed by atoms with Gasteiger partial charge in [-0.15, -0.1) is 0 Å². The van der Waals surface area contributed by atoms with E-state index >= 15 is 0 Å². The molecule has 14 heteroatoms. The van der Waals surface area contributed by atoms with E-state index in [0.717, 1.165) is 18.4 Å². The van der Waals surface area contributed by atoms with Crippen molar-refractivity contribution in [1.82, 2.24) is 29.9 Å². The van der Waals surface area contributed by atoms with Crippen molar-refractivity contribution in [3.05, 3.63) is 35.5 Å². The van der Waals surface area contributed by atoms with Gasteiger partial charge in [0.1, 0.15) is 11.4 Å². The van der Waals surface area contributed by atoms with Crippen LogP contribution in [0.3, 0.4) is 0 Å². The Morgan fingerprint density at radius 1 is 0.800 bits per heavy atom. The summed E-state index contributed by atoms with van der Waals surface area (Å²) in [6, 6.07) is 6.98. The summed E-state index contributed by atoms with van der Waals surface area (Å²) < 4.78 is 16.2. The molecule has 1 aromatic heterocycles. The Morgan fingerprint density at radius 2 is 1.40 bits per heavy atom. The number of unbranched alkanes of at least 4 members (excludes halogenated alkanes) is 1. The Morgan fingerprint density at radius 3 is 2.02 bits per heavy atom. The van der Waals surface area contributed by atoms with E-state index in [1.54, 1.807) is 26.5 Å². The van der Waals surface area contributed by atoms with Crippen molar-refractivity contribution in [3.63, 3.8) is 0 Å². The van der Waals surface area contributed by atoms with Crippen LogP contribution in [0.25, 0.3) is 10.9 Å². The summed E-state index contributed by atoms with van der Waals surface area (Å²) in [5.74, 6) is -0.765. The second-order valence-electron chi connectivity index (χ2n) is 10.9. The predicted octanol–water partition coefficient (Wildman–Crippen LogP) is 2.03. The molecule has 2 aromatic rings. The Kier molecular flexibility index (Phi) is 11.8. The summed E-state index contributed by atoms with van der Waals surface area (Å²) >= 11 is 0. The van der Waals surface area contributed by atoms with Gasteiger partial charge >= 0.3 is 12.2 Å². The smallest absolute Gasteiger partial charge is 0.409 e. The normalized spacial score (nSPS) is 15.1. The second-order valence-corrected chi connectivity index (χ2v) is 10.9. The van der Waals surface area contributed by atoms with Crippen LogP contribution >= 0.6 is 0 Å². The number of hydrogen-bond acceptors (Lipinski definition) is 9. The number of nitrogens with one attached hydrogen (secondary N) is 1. The first kappa shape index (κ1) is 33.3. The Labute approximate surface area is 262 Å². The summed E-state index contributed by atoms with van der Waals surface area (Å²) in [5.41, 5.74) is 1.49. The van der Waals surface area contributed by atoms with Crippen LogP contribution in [0.4, 0.5) is 9.59 Å². The first-order chi connectivity index (χ1) is 21.7. The van der Waals surface area contributed by atoms with Crippen LogP contribution < -0.4 is 10.1 Å². The van der Waals surface area contributed by atoms with Crippen LogP contribution in [0, 0.1) is 6.92 Å². The van der Waals surface area contributed by atoms with Gasteiger partial charge in [0, 0.05) is 63.8 Å². The number of hydrogen-bond donors (Lipinski definition) is 1. The molecule has 2 aliphatic rings. The lowest BCUT2D eigenvalue weighted by Gasteiger charge is -2.34. The van der Waals surface area contributed by atoms with Gasteiger partial charge in [0.05, 0.1) is 25.3 Å². The van der Waals surface area contributed by atoms with Crippen LogP contribution in [0.5, 0.6) is 5.75 Å². The van der Waals surface area contributed by atoms with Crippen molar-refractivity contribution >= 4 is 40.8 Å². The highest BCUT2D eigenvalue weighted by atomic mass is 16.6. The van der Waals surface area contributed by atoms with E-state index in [2.05, 4.69) is 10.3 Å². The van der Waals surface area contributed by atoms with E-state index < -0.39 is 12.0 Å². The van der Waals surface area contributed by atoms with Crippen molar-refractivity contribution in [2.45, 2.75) is 33.6 Å². The van der Waals surface area contributed by atoms with E-state index in [1.807, 2.05) is 32.0 Å². The Hall–Kier alpha value is -4.62. The lowest BCUT2D eigenvalue weighted by atomic mass is 10.1. The molecule has 1 N–H and O–H groups in total. The number of piperazine rings is 2. The largest absolute Gasteiger partial charge is 0.483 e. The average molecular weight is 627 g/mol. The highest BCUT2D eigenvalue weighted by molar-refractivity contribution is 5.98. The summed E-state index contributed by atoms with van der Waals surface area (Å²) in [6.45, 7) is 8.68. The zero-order valence-electron chi connectivity index (χ0n) is 26.2. The Balaban J connectivity index is 1.32. The topological polar surface area (TPSA) is 151 Å². The number of pyridine rings is 1. The Bertz CT molecular complexity index is 1390. The number of nitrogens with zero attached hydrogens (tertiary/aromatic N) is 5. The van der Waals surface area contributed by atoms with E-state index in [9.17, 15) is 24.0 Å². The van der Waals surface area contributed by atoms with E-state index in [0.29, 0.717) is 75.6 Å². The van der Waals surface area contributed by atoms with Crippen LogP contribution in [-0.4, -0.2) is 133 Å². The predicted molar refractivity (Wildman–Crippen MR) is 164 cm³/mol. The van der Waals surface area contributed by atoms with Crippen LogP contribution in [0.15, 0.2) is 24.3 Å². The van der Waals surface area contributed by atoms with Crippen molar-refractivity contribution in [1.29, 1.82) is 0 Å². The van der Waals surface area contributed by atoms with Gasteiger partial charge in [-0.25, -0.2) is 14.6 Å². The molecule has 3 heterocycles. The van der Waals surface area contributed by atoms with E-state index in [1.165, 1.54) is 6.07 Å². The lowest BCUT2D eigenvalue weighted by Crippen LogP contribution is -2.52. The molecule has 2 aliphatic heterocycles. The summed E-state index contributed by atoms with van der Waals surface area (Å²) in [6.07, 6.45) is 0.966. The number of ether oxygens (including phenoxy) is 3. The zero-order chi connectivity index (χ0) is 32.3. The monoisotopic (exact) mass is 626 g/mol. The fourth-order valence-corrected chi connectivity index (χ4v) is 5.02. The quantitative estimate of drug-likeness (QED) is 0.391. The lowest BCUT2D eigenvalue weighted by molar-refractivity contribution is -0.135. The van der Waals surface area contributed by atoms with Crippen LogP contribution in [0.2, 0.25) is 0 Å². The number of aromatic nitrogens is 1. The van der Waals surface area contributed by atoms with Crippen LogP contribution in [-0.2, 0) is 19.1 Å². The van der Waals surface area contributed by atoms with Crippen molar-refractivity contribution in [2.24, 2.45) is 0 Å². The summed E-state index contributed by atoms with van der Waals surface area (Å²) in [7, 11) is 0. The molecule has 0 bridgehead atoms. The maximum absolute atomic E-state index is 13.1. The SMILES string of the molecule is CCCCOC(=O)N1CCN(C(=O)CNC(=O)c2cc(OCC(=O)N3CCN(C(=O)OCC)CC3)c3ccc(C)cc3n2)CC1. The van der Waals surface area contributed by atoms with Crippen LogP contribution in [0.1, 0.15) is 42.7 Å². The number of fused-ring (bicyclic) bond motifs is 1. The fraction of sp³-hybridized carbons (Fsp3) is 0.548. The molecular weight excluding hydrogens is 584 g/mol. The highest BCUT2D eigenvalue weighted by Gasteiger charge is 2.27. The van der Waals surface area contributed by atoms with E-state index in [4.69, 9.17) is 14.2 Å². The molecule has 0 saturated carbocycles. The number of carbonyl (C=O) groups is 5. The molecule has 0 radical (unpaired) electrons. The van der Waals surface area contributed by atoms with E-state index in [-0.39, 0.29) is 43.4 Å². The van der Waals surface area contributed by atoms with Gasteiger partial charge in [0.2, 0.25) is 5.91 Å². The maximum atomic E-state index is 13.1. The molecule has 14 nitrogen and oxygen atoms in total. The van der Waals surface area contributed by atoms with Crippen molar-refractivity contribution in [2.75, 3.05) is 78.7 Å². The second kappa shape index (κ2) is 15.9. The molecule has 5 amide bonds. The molecular formula is C31H42N6O8. The number of rotatable bonds is 10. The van der Waals surface area contributed by atoms with Crippen molar-refractivity contribution < 1.29 is 38.2 Å². The first-order valence-corrected chi connectivity index (χ1v) is 15.4. The first-order valence-electron chi connectivity index (χ1n) is 15.4. The third-order valence-corrected chi connectivity index (χ3v) is 7.68. The standard InChI is InChI=1S/C31H42N6O8/c1-4-6-17-44-31(42)37-13-9-34(10-14-37)27(38)20-32-29(40)25-19-26(23-8-7-22(3)18-24(23)33-25)45-21-28(39)35-11-15-36(16-12-35)30(41)43-5-2/h7-8,18-19H,4-6,9-17,20-21H2,1-3H3,(H,32,40). The molecule has 2 saturated heterocycles. The maximum Gasteiger partial charge on any atom is 0.409 e. The molecule has 0 spiro atoms. The average Bonchev–Trinajstić information content (AvgIpc) is 3.05. The number of amides is 5. The molecule has 45 heavy (non-hydrogen) atoms.